The maximum atomic E-state index is 6.49. The highest BCUT2D eigenvalue weighted by atomic mass is 16.5. The highest BCUT2D eigenvalue weighted by molar-refractivity contribution is 6.11. The summed E-state index contributed by atoms with van der Waals surface area (Å²) in [4.78, 5) is 0. The summed E-state index contributed by atoms with van der Waals surface area (Å²) in [5, 5.41) is 4.69. The molecule has 0 aliphatic heterocycles. The van der Waals surface area contributed by atoms with Crippen LogP contribution in [0.3, 0.4) is 0 Å². The summed E-state index contributed by atoms with van der Waals surface area (Å²) in [6.07, 6.45) is 12.5. The number of aryl methyl sites for hydroxylation is 2. The van der Waals surface area contributed by atoms with Crippen LogP contribution in [0.1, 0.15) is 89.2 Å². The zero-order valence-electron chi connectivity index (χ0n) is 20.8. The quantitative estimate of drug-likeness (QED) is 0.186. The van der Waals surface area contributed by atoms with E-state index in [1.807, 2.05) is 0 Å². The monoisotopic (exact) mass is 434 g/mol. The Morgan fingerprint density at radius 3 is 1.34 bits per heavy atom. The van der Waals surface area contributed by atoms with E-state index in [4.69, 9.17) is 9.47 Å². The minimum atomic E-state index is 0.771. The van der Waals surface area contributed by atoms with E-state index in [1.165, 1.54) is 84.0 Å². The van der Waals surface area contributed by atoms with Crippen molar-refractivity contribution in [3.63, 3.8) is 0 Å². The van der Waals surface area contributed by atoms with Crippen LogP contribution >= 0.6 is 0 Å². The number of unbranched alkanes of at least 4 members (excludes halogenated alkanes) is 8. The van der Waals surface area contributed by atoms with Crippen LogP contribution in [0.15, 0.2) is 36.4 Å². The van der Waals surface area contributed by atoms with Crippen LogP contribution in [0.5, 0.6) is 11.5 Å². The van der Waals surface area contributed by atoms with E-state index in [9.17, 15) is 0 Å². The third-order valence-electron chi connectivity index (χ3n) is 6.32. The lowest BCUT2D eigenvalue weighted by molar-refractivity contribution is 0.306. The smallest absolute Gasteiger partial charge is 0.135 e. The van der Waals surface area contributed by atoms with Gasteiger partial charge in [0.05, 0.1) is 13.2 Å². The molecular weight excluding hydrogens is 392 g/mol. The van der Waals surface area contributed by atoms with Crippen LogP contribution < -0.4 is 9.47 Å². The van der Waals surface area contributed by atoms with Gasteiger partial charge in [0.2, 0.25) is 0 Å². The molecule has 0 radical (unpaired) electrons. The van der Waals surface area contributed by atoms with Crippen LogP contribution in [-0.2, 0) is 0 Å². The van der Waals surface area contributed by atoms with Crippen molar-refractivity contribution in [3.05, 3.63) is 47.5 Å². The van der Waals surface area contributed by atoms with E-state index < -0.39 is 0 Å². The lowest BCUT2D eigenvalue weighted by atomic mass is 9.97. The molecule has 0 saturated heterocycles. The number of fused-ring (bicyclic) bond motifs is 2. The van der Waals surface area contributed by atoms with Gasteiger partial charge in [-0.15, -0.1) is 0 Å². The molecule has 3 aromatic carbocycles. The van der Waals surface area contributed by atoms with Gasteiger partial charge in [-0.3, -0.25) is 0 Å². The van der Waals surface area contributed by atoms with Gasteiger partial charge in [0.1, 0.15) is 11.5 Å². The Hall–Kier alpha value is -2.22. The van der Waals surface area contributed by atoms with Gasteiger partial charge < -0.3 is 9.47 Å². The van der Waals surface area contributed by atoms with E-state index in [-0.39, 0.29) is 0 Å². The highest BCUT2D eigenvalue weighted by Crippen LogP contribution is 2.43. The second-order valence-corrected chi connectivity index (χ2v) is 9.28. The predicted molar refractivity (Wildman–Crippen MR) is 139 cm³/mol. The SMILES string of the molecule is CCCCCCCOc1c2ccc(C)cc2c(OCCCCCCC)c2cc(C)ccc12. The molecule has 2 nitrogen and oxygen atoms in total. The molecule has 0 unspecified atom stereocenters. The van der Waals surface area contributed by atoms with Gasteiger partial charge in [-0.25, -0.2) is 0 Å². The van der Waals surface area contributed by atoms with Gasteiger partial charge in [-0.05, 0) is 38.8 Å². The summed E-state index contributed by atoms with van der Waals surface area (Å²) in [5.74, 6) is 2.04. The van der Waals surface area contributed by atoms with Gasteiger partial charge in [0, 0.05) is 21.5 Å². The van der Waals surface area contributed by atoms with E-state index in [1.54, 1.807) is 0 Å². The molecule has 0 saturated carbocycles. The Morgan fingerprint density at radius 1 is 0.500 bits per heavy atom. The minimum absolute atomic E-state index is 0.771. The average Bonchev–Trinajstić information content (AvgIpc) is 2.79. The summed E-state index contributed by atoms with van der Waals surface area (Å²) in [7, 11) is 0. The summed E-state index contributed by atoms with van der Waals surface area (Å²) in [5.41, 5.74) is 2.51. The number of rotatable bonds is 14. The third kappa shape index (κ3) is 6.40. The fourth-order valence-corrected chi connectivity index (χ4v) is 4.45. The van der Waals surface area contributed by atoms with Gasteiger partial charge in [-0.2, -0.15) is 0 Å². The lowest BCUT2D eigenvalue weighted by Gasteiger charge is -2.19. The Morgan fingerprint density at radius 2 is 0.906 bits per heavy atom. The molecule has 0 spiro atoms. The van der Waals surface area contributed by atoms with Crippen molar-refractivity contribution in [2.24, 2.45) is 0 Å². The fraction of sp³-hybridized carbons (Fsp3) is 0.533. The Kier molecular flexibility index (Phi) is 9.71. The molecule has 0 aromatic heterocycles. The first-order chi connectivity index (χ1) is 15.7. The summed E-state index contributed by atoms with van der Waals surface area (Å²) >= 11 is 0. The maximum absolute atomic E-state index is 6.49. The maximum Gasteiger partial charge on any atom is 0.135 e. The van der Waals surface area contributed by atoms with Crippen molar-refractivity contribution in [2.45, 2.75) is 91.9 Å². The molecule has 0 bridgehead atoms. The summed E-state index contributed by atoms with van der Waals surface area (Å²) in [6.45, 7) is 10.4. The van der Waals surface area contributed by atoms with E-state index in [0.717, 1.165) is 37.6 Å². The van der Waals surface area contributed by atoms with Gasteiger partial charge in [-0.1, -0.05) is 101 Å². The van der Waals surface area contributed by atoms with Crippen molar-refractivity contribution < 1.29 is 9.47 Å². The molecular formula is C30H42O2. The number of ether oxygens (including phenoxy) is 2. The third-order valence-corrected chi connectivity index (χ3v) is 6.32. The molecule has 0 fully saturated rings. The number of hydrogen-bond donors (Lipinski definition) is 0. The van der Waals surface area contributed by atoms with Crippen molar-refractivity contribution >= 4 is 21.5 Å². The molecule has 0 amide bonds. The first-order valence-corrected chi connectivity index (χ1v) is 12.9. The van der Waals surface area contributed by atoms with Gasteiger partial charge in [0.25, 0.3) is 0 Å². The molecule has 0 atom stereocenters. The second-order valence-electron chi connectivity index (χ2n) is 9.28. The zero-order valence-corrected chi connectivity index (χ0v) is 20.8. The van der Waals surface area contributed by atoms with Gasteiger partial charge >= 0.3 is 0 Å². The molecule has 3 rings (SSSR count). The molecule has 0 N–H and O–H groups in total. The predicted octanol–water partition coefficient (Wildman–Crippen LogP) is 9.31. The Bertz CT molecular complexity index is 926. The summed E-state index contributed by atoms with van der Waals surface area (Å²) < 4.78 is 13.0. The Balaban J connectivity index is 1.91. The molecule has 2 heteroatoms. The molecule has 3 aromatic rings. The number of hydrogen-bond acceptors (Lipinski definition) is 2. The molecule has 174 valence electrons. The molecule has 32 heavy (non-hydrogen) atoms. The first-order valence-electron chi connectivity index (χ1n) is 12.9. The average molecular weight is 435 g/mol. The minimum Gasteiger partial charge on any atom is -0.492 e. The first kappa shape index (κ1) is 24.4. The van der Waals surface area contributed by atoms with E-state index >= 15 is 0 Å². The highest BCUT2D eigenvalue weighted by Gasteiger charge is 2.17. The fourth-order valence-electron chi connectivity index (χ4n) is 4.45. The summed E-state index contributed by atoms with van der Waals surface area (Å²) in [6, 6.07) is 13.3. The van der Waals surface area contributed by atoms with Crippen LogP contribution in [0.4, 0.5) is 0 Å². The molecule has 0 aliphatic rings. The van der Waals surface area contributed by atoms with Crippen LogP contribution in [0, 0.1) is 13.8 Å². The Labute approximate surface area is 195 Å². The van der Waals surface area contributed by atoms with Crippen molar-refractivity contribution in [2.75, 3.05) is 13.2 Å². The van der Waals surface area contributed by atoms with Crippen molar-refractivity contribution in [1.82, 2.24) is 0 Å². The largest absolute Gasteiger partial charge is 0.492 e. The van der Waals surface area contributed by atoms with E-state index in [2.05, 4.69) is 64.1 Å². The van der Waals surface area contributed by atoms with Crippen LogP contribution in [-0.4, -0.2) is 13.2 Å². The lowest BCUT2D eigenvalue weighted by Crippen LogP contribution is -2.03. The van der Waals surface area contributed by atoms with E-state index in [0.29, 0.717) is 0 Å². The standard InChI is InChI=1S/C30H42O2/c1-5-7-9-11-13-19-31-29-25-17-15-23(3)21-27(25)30(32-20-14-12-10-8-6-2)28-22-24(4)16-18-26(28)29/h15-18,21-22H,5-14,19-20H2,1-4H3. The zero-order chi connectivity index (χ0) is 22.8. The second kappa shape index (κ2) is 12.7. The van der Waals surface area contributed by atoms with Crippen LogP contribution in [0.2, 0.25) is 0 Å². The number of benzene rings is 3. The molecule has 0 aliphatic carbocycles. The topological polar surface area (TPSA) is 18.5 Å². The molecule has 0 heterocycles. The van der Waals surface area contributed by atoms with Crippen molar-refractivity contribution in [1.29, 1.82) is 0 Å². The van der Waals surface area contributed by atoms with Gasteiger partial charge in [0.15, 0.2) is 0 Å². The van der Waals surface area contributed by atoms with Crippen LogP contribution in [0.25, 0.3) is 21.5 Å². The van der Waals surface area contributed by atoms with Crippen molar-refractivity contribution in [3.8, 4) is 11.5 Å². The normalized spacial score (nSPS) is 11.4.